The molecule has 0 aromatic heterocycles. The van der Waals surface area contributed by atoms with E-state index in [1.807, 2.05) is 13.0 Å². The highest BCUT2D eigenvalue weighted by Gasteiger charge is 2.20. The average Bonchev–Trinajstić information content (AvgIpc) is 2.21. The fourth-order valence-electron chi connectivity index (χ4n) is 1.51. The van der Waals surface area contributed by atoms with Crippen LogP contribution in [0.4, 0.5) is 5.69 Å². The highest BCUT2D eigenvalue weighted by atomic mass is 32.2. The second-order valence-electron chi connectivity index (χ2n) is 4.22. The maximum Gasteiger partial charge on any atom is 0.318 e. The van der Waals surface area contributed by atoms with Gasteiger partial charge in [-0.3, -0.25) is 9.59 Å². The van der Waals surface area contributed by atoms with Gasteiger partial charge in [-0.15, -0.1) is 0 Å². The van der Waals surface area contributed by atoms with E-state index in [9.17, 15) is 18.0 Å². The van der Waals surface area contributed by atoms with Gasteiger partial charge in [-0.25, -0.2) is 8.42 Å². The molecule has 19 heavy (non-hydrogen) atoms. The van der Waals surface area contributed by atoms with Crippen LogP contribution in [0.25, 0.3) is 0 Å². The van der Waals surface area contributed by atoms with Gasteiger partial charge < -0.3 is 10.4 Å². The Morgan fingerprint density at radius 2 is 1.84 bits per heavy atom. The zero-order chi connectivity index (χ0) is 14.6. The maximum atomic E-state index is 11.6. The van der Waals surface area contributed by atoms with E-state index in [0.717, 1.165) is 11.1 Å². The van der Waals surface area contributed by atoms with E-state index in [-0.39, 0.29) is 0 Å². The Morgan fingerprint density at radius 1 is 1.21 bits per heavy atom. The zero-order valence-corrected chi connectivity index (χ0v) is 11.5. The number of benzene rings is 1. The zero-order valence-electron chi connectivity index (χ0n) is 10.6. The van der Waals surface area contributed by atoms with Gasteiger partial charge in [0.25, 0.3) is 0 Å². The van der Waals surface area contributed by atoms with E-state index in [2.05, 4.69) is 5.32 Å². The molecule has 0 saturated heterocycles. The number of aryl methyl sites for hydroxylation is 1. The fourth-order valence-corrected chi connectivity index (χ4v) is 2.46. The van der Waals surface area contributed by atoms with Gasteiger partial charge >= 0.3 is 5.97 Å². The summed E-state index contributed by atoms with van der Waals surface area (Å²) in [6, 6.07) is 5.26. The number of carbonyl (C=O) groups excluding carboxylic acids is 1. The molecule has 0 saturated carbocycles. The predicted octanol–water partition coefficient (Wildman–Crippen LogP) is 0.741. The molecule has 0 unspecified atom stereocenters. The lowest BCUT2D eigenvalue weighted by atomic mass is 10.1. The normalized spacial score (nSPS) is 11.1. The first kappa shape index (κ1) is 15.2. The fraction of sp³-hybridized carbons (Fsp3) is 0.333. The summed E-state index contributed by atoms with van der Waals surface area (Å²) in [7, 11) is -3.93. The lowest BCUT2D eigenvalue weighted by molar-refractivity contribution is -0.134. The molecule has 0 spiro atoms. The molecule has 1 amide bonds. The van der Waals surface area contributed by atoms with E-state index in [1.165, 1.54) is 0 Å². The SMILES string of the molecule is Cc1cccc(NC(=O)CS(=O)(=O)CC(=O)O)c1C. The van der Waals surface area contributed by atoms with Crippen molar-refractivity contribution < 1.29 is 23.1 Å². The van der Waals surface area contributed by atoms with Crippen molar-refractivity contribution in [3.8, 4) is 0 Å². The molecule has 2 N–H and O–H groups in total. The summed E-state index contributed by atoms with van der Waals surface area (Å²) >= 11 is 0. The van der Waals surface area contributed by atoms with Crippen molar-refractivity contribution in [3.63, 3.8) is 0 Å². The Hall–Kier alpha value is -1.89. The topological polar surface area (TPSA) is 101 Å². The summed E-state index contributed by atoms with van der Waals surface area (Å²) in [5, 5.41) is 10.9. The van der Waals surface area contributed by atoms with E-state index in [4.69, 9.17) is 5.11 Å². The first-order valence-electron chi connectivity index (χ1n) is 5.49. The third kappa shape index (κ3) is 4.70. The minimum atomic E-state index is -3.93. The molecular weight excluding hydrogens is 270 g/mol. The van der Waals surface area contributed by atoms with Crippen LogP contribution in [0.5, 0.6) is 0 Å². The molecule has 0 heterocycles. The second-order valence-corrected chi connectivity index (χ2v) is 6.29. The first-order valence-corrected chi connectivity index (χ1v) is 7.32. The molecule has 104 valence electrons. The van der Waals surface area contributed by atoms with Crippen LogP contribution >= 0.6 is 0 Å². The van der Waals surface area contributed by atoms with E-state index >= 15 is 0 Å². The summed E-state index contributed by atoms with van der Waals surface area (Å²) in [6.45, 7) is 3.67. The molecule has 0 atom stereocenters. The number of sulfone groups is 1. The Balaban J connectivity index is 2.76. The molecule has 0 radical (unpaired) electrons. The Kier molecular flexibility index (Phi) is 4.66. The monoisotopic (exact) mass is 285 g/mol. The number of anilines is 1. The molecule has 6 nitrogen and oxygen atoms in total. The number of carboxylic acid groups (broad SMARTS) is 1. The number of hydrogen-bond acceptors (Lipinski definition) is 4. The molecule has 0 fully saturated rings. The molecule has 7 heteroatoms. The van der Waals surface area contributed by atoms with Gasteiger partial charge in [-0.05, 0) is 31.0 Å². The third-order valence-corrected chi connectivity index (χ3v) is 3.96. The van der Waals surface area contributed by atoms with Crippen LogP contribution in [-0.2, 0) is 19.4 Å². The molecule has 1 aromatic carbocycles. The third-order valence-electron chi connectivity index (χ3n) is 2.57. The minimum absolute atomic E-state index is 0.524. The summed E-state index contributed by atoms with van der Waals surface area (Å²) in [5.74, 6) is -4.10. The number of aliphatic carboxylic acids is 1. The van der Waals surface area contributed by atoms with Crippen LogP contribution in [0, 0.1) is 13.8 Å². The van der Waals surface area contributed by atoms with Crippen LogP contribution in [0.3, 0.4) is 0 Å². The Morgan fingerprint density at radius 3 is 2.42 bits per heavy atom. The number of nitrogens with one attached hydrogen (secondary N) is 1. The van der Waals surface area contributed by atoms with Crippen molar-refractivity contribution in [3.05, 3.63) is 29.3 Å². The van der Waals surface area contributed by atoms with Gasteiger partial charge in [-0.2, -0.15) is 0 Å². The quantitative estimate of drug-likeness (QED) is 0.831. The van der Waals surface area contributed by atoms with Crippen LogP contribution in [-0.4, -0.2) is 36.9 Å². The van der Waals surface area contributed by atoms with Crippen molar-refractivity contribution in [2.45, 2.75) is 13.8 Å². The average molecular weight is 285 g/mol. The summed E-state index contributed by atoms with van der Waals surface area (Å²) in [6.07, 6.45) is 0. The van der Waals surface area contributed by atoms with E-state index < -0.39 is 33.2 Å². The molecule has 0 aliphatic carbocycles. The first-order chi connectivity index (χ1) is 8.71. The predicted molar refractivity (Wildman–Crippen MR) is 70.8 cm³/mol. The standard InChI is InChI=1S/C12H15NO5S/c1-8-4-3-5-10(9(8)2)13-11(14)6-19(17,18)7-12(15)16/h3-5H,6-7H2,1-2H3,(H,13,14)(H,15,16). The highest BCUT2D eigenvalue weighted by Crippen LogP contribution is 2.17. The molecular formula is C12H15NO5S. The Labute approximate surface area is 111 Å². The largest absolute Gasteiger partial charge is 0.480 e. The Bertz CT molecular complexity index is 607. The van der Waals surface area contributed by atoms with Crippen molar-refractivity contribution >= 4 is 27.4 Å². The number of amides is 1. The molecule has 0 aliphatic heterocycles. The summed E-state index contributed by atoms with van der Waals surface area (Å²) in [4.78, 5) is 21.9. The van der Waals surface area contributed by atoms with Crippen LogP contribution < -0.4 is 5.32 Å². The molecule has 1 rings (SSSR count). The molecule has 0 bridgehead atoms. The van der Waals surface area contributed by atoms with Gasteiger partial charge in [0, 0.05) is 5.69 Å². The number of carboxylic acids is 1. The van der Waals surface area contributed by atoms with Crippen LogP contribution in [0.15, 0.2) is 18.2 Å². The van der Waals surface area contributed by atoms with Crippen molar-refractivity contribution in [2.24, 2.45) is 0 Å². The van der Waals surface area contributed by atoms with Gasteiger partial charge in [0.15, 0.2) is 9.84 Å². The summed E-state index contributed by atoms with van der Waals surface area (Å²) < 4.78 is 22.7. The molecule has 0 aliphatic rings. The van der Waals surface area contributed by atoms with E-state index in [1.54, 1.807) is 19.1 Å². The smallest absolute Gasteiger partial charge is 0.318 e. The second kappa shape index (κ2) is 5.83. The lowest BCUT2D eigenvalue weighted by Crippen LogP contribution is -2.27. The van der Waals surface area contributed by atoms with Gasteiger partial charge in [0.1, 0.15) is 11.5 Å². The lowest BCUT2D eigenvalue weighted by Gasteiger charge is -2.10. The molecule has 1 aromatic rings. The van der Waals surface area contributed by atoms with Crippen molar-refractivity contribution in [1.29, 1.82) is 0 Å². The van der Waals surface area contributed by atoms with Gasteiger partial charge in [0.2, 0.25) is 5.91 Å². The van der Waals surface area contributed by atoms with Crippen LogP contribution in [0.2, 0.25) is 0 Å². The van der Waals surface area contributed by atoms with Gasteiger partial charge in [0.05, 0.1) is 0 Å². The number of rotatable bonds is 5. The highest BCUT2D eigenvalue weighted by molar-refractivity contribution is 7.92. The van der Waals surface area contributed by atoms with Crippen molar-refractivity contribution in [1.82, 2.24) is 0 Å². The maximum absolute atomic E-state index is 11.6. The van der Waals surface area contributed by atoms with Gasteiger partial charge in [-0.1, -0.05) is 12.1 Å². The minimum Gasteiger partial charge on any atom is -0.480 e. The number of hydrogen-bond donors (Lipinski definition) is 2. The van der Waals surface area contributed by atoms with E-state index in [0.29, 0.717) is 5.69 Å². The number of carbonyl (C=O) groups is 2. The van der Waals surface area contributed by atoms with Crippen LogP contribution in [0.1, 0.15) is 11.1 Å². The van der Waals surface area contributed by atoms with Crippen molar-refractivity contribution in [2.75, 3.05) is 16.8 Å². The summed E-state index contributed by atoms with van der Waals surface area (Å²) in [5.41, 5.74) is 2.33.